The fourth-order valence-electron chi connectivity index (χ4n) is 5.42. The molecule has 0 unspecified atom stereocenters. The topological polar surface area (TPSA) is 101 Å². The second-order valence-electron chi connectivity index (χ2n) is 9.62. The van der Waals surface area contributed by atoms with Gasteiger partial charge < -0.3 is 19.4 Å². The van der Waals surface area contributed by atoms with Gasteiger partial charge in [-0.2, -0.15) is 0 Å². The number of para-hydroxylation sites is 1. The van der Waals surface area contributed by atoms with Crippen molar-refractivity contribution >= 4 is 16.6 Å². The summed E-state index contributed by atoms with van der Waals surface area (Å²) in [6, 6.07) is 17.7. The maximum Gasteiger partial charge on any atom is 0.253 e. The summed E-state index contributed by atoms with van der Waals surface area (Å²) in [5.74, 6) is 1.37. The van der Waals surface area contributed by atoms with Crippen molar-refractivity contribution in [2.45, 2.75) is 31.5 Å². The molecule has 0 aliphatic carbocycles. The zero-order chi connectivity index (χ0) is 25.2. The van der Waals surface area contributed by atoms with Crippen LogP contribution in [0.15, 0.2) is 59.4 Å². The number of nitrogens with zero attached hydrogens (tertiary/aromatic N) is 6. The number of rotatable bonds is 7. The number of pyridine rings is 1. The molecule has 2 aromatic carbocycles. The van der Waals surface area contributed by atoms with Gasteiger partial charge in [0.25, 0.3) is 5.56 Å². The number of nitrogens with one attached hydrogen (secondary N) is 1. The first-order valence-corrected chi connectivity index (χ1v) is 12.8. The molecule has 37 heavy (non-hydrogen) atoms. The Morgan fingerprint density at radius 3 is 2.70 bits per heavy atom. The number of benzene rings is 2. The van der Waals surface area contributed by atoms with Gasteiger partial charge in [-0.15, -0.1) is 5.10 Å². The Kier molecular flexibility index (Phi) is 6.58. The minimum atomic E-state index is -0.385. The Morgan fingerprint density at radius 2 is 1.95 bits per heavy atom. The molecule has 4 aromatic rings. The quantitative estimate of drug-likeness (QED) is 0.413. The molecule has 0 radical (unpaired) electrons. The van der Waals surface area contributed by atoms with Gasteiger partial charge in [-0.1, -0.05) is 18.2 Å². The van der Waals surface area contributed by atoms with Crippen molar-refractivity contribution in [2.75, 3.05) is 44.8 Å². The number of H-pyrrole nitrogens is 1. The molecule has 2 aliphatic rings. The van der Waals surface area contributed by atoms with Gasteiger partial charge in [0.2, 0.25) is 0 Å². The van der Waals surface area contributed by atoms with E-state index in [9.17, 15) is 4.79 Å². The molecule has 2 aliphatic heterocycles. The van der Waals surface area contributed by atoms with E-state index in [2.05, 4.69) is 54.6 Å². The molecule has 2 saturated heterocycles. The largest absolute Gasteiger partial charge is 0.497 e. The van der Waals surface area contributed by atoms with Crippen LogP contribution in [0.3, 0.4) is 0 Å². The number of hydrogen-bond donors (Lipinski definition) is 1. The average Bonchev–Trinajstić information content (AvgIpc) is 3.63. The lowest BCUT2D eigenvalue weighted by atomic mass is 10.0. The van der Waals surface area contributed by atoms with Crippen LogP contribution in [0.2, 0.25) is 0 Å². The van der Waals surface area contributed by atoms with Crippen molar-refractivity contribution in [3.63, 3.8) is 0 Å². The summed E-state index contributed by atoms with van der Waals surface area (Å²) in [4.78, 5) is 21.3. The highest BCUT2D eigenvalue weighted by atomic mass is 16.5. The minimum absolute atomic E-state index is 0.0835. The zero-order valence-corrected chi connectivity index (χ0v) is 20.9. The van der Waals surface area contributed by atoms with E-state index in [-0.39, 0.29) is 17.7 Å². The highest BCUT2D eigenvalue weighted by Gasteiger charge is 2.33. The molecule has 4 heterocycles. The smallest absolute Gasteiger partial charge is 0.253 e. The van der Waals surface area contributed by atoms with Gasteiger partial charge in [-0.25, -0.2) is 4.68 Å². The van der Waals surface area contributed by atoms with Crippen LogP contribution in [0, 0.1) is 0 Å². The van der Waals surface area contributed by atoms with E-state index in [0.717, 1.165) is 56.5 Å². The molecule has 0 bridgehead atoms. The number of hydrogen-bond acceptors (Lipinski definition) is 8. The molecule has 1 N–H and O–H groups in total. The van der Waals surface area contributed by atoms with Crippen molar-refractivity contribution in [1.29, 1.82) is 0 Å². The number of methoxy groups -OCH3 is 1. The van der Waals surface area contributed by atoms with Gasteiger partial charge in [0.1, 0.15) is 11.8 Å². The first kappa shape index (κ1) is 23.6. The molecule has 2 fully saturated rings. The number of fused-ring (bicyclic) bond motifs is 1. The maximum absolute atomic E-state index is 13.5. The van der Waals surface area contributed by atoms with Gasteiger partial charge in [0.05, 0.1) is 25.3 Å². The lowest BCUT2D eigenvalue weighted by molar-refractivity contribution is 0.0906. The molecule has 0 amide bonds. The monoisotopic (exact) mass is 501 g/mol. The van der Waals surface area contributed by atoms with E-state index in [1.807, 2.05) is 35.0 Å². The molecule has 6 rings (SSSR count). The fraction of sp³-hybridized carbons (Fsp3) is 0.407. The second kappa shape index (κ2) is 10.3. The maximum atomic E-state index is 13.5. The summed E-state index contributed by atoms with van der Waals surface area (Å²) in [7, 11) is 1.62. The van der Waals surface area contributed by atoms with E-state index in [1.165, 1.54) is 5.69 Å². The summed E-state index contributed by atoms with van der Waals surface area (Å²) in [6.07, 6.45) is 2.11. The van der Waals surface area contributed by atoms with Crippen LogP contribution < -0.4 is 15.2 Å². The van der Waals surface area contributed by atoms with Gasteiger partial charge >= 0.3 is 0 Å². The van der Waals surface area contributed by atoms with Gasteiger partial charge in [-0.05, 0) is 59.0 Å². The minimum Gasteiger partial charge on any atom is -0.497 e. The van der Waals surface area contributed by atoms with E-state index >= 15 is 0 Å². The van der Waals surface area contributed by atoms with Crippen LogP contribution >= 0.6 is 0 Å². The van der Waals surface area contributed by atoms with Crippen LogP contribution in [0.4, 0.5) is 5.69 Å². The molecule has 10 nitrogen and oxygen atoms in total. The van der Waals surface area contributed by atoms with Crippen molar-refractivity contribution < 1.29 is 9.47 Å². The number of ether oxygens (including phenoxy) is 2. The summed E-state index contributed by atoms with van der Waals surface area (Å²) in [6.45, 7) is 4.57. The zero-order valence-electron chi connectivity index (χ0n) is 20.9. The molecule has 192 valence electrons. The normalized spacial score (nSPS) is 19.4. The predicted octanol–water partition coefficient (Wildman–Crippen LogP) is 2.61. The summed E-state index contributed by atoms with van der Waals surface area (Å²) in [5, 5.41) is 13.7. The van der Waals surface area contributed by atoms with Crippen LogP contribution in [-0.2, 0) is 11.3 Å². The summed E-state index contributed by atoms with van der Waals surface area (Å²) in [5.41, 5.74) is 2.43. The fourth-order valence-corrected chi connectivity index (χ4v) is 5.42. The van der Waals surface area contributed by atoms with E-state index < -0.39 is 0 Å². The van der Waals surface area contributed by atoms with E-state index in [1.54, 1.807) is 7.11 Å². The Balaban J connectivity index is 1.37. The number of aromatic nitrogens is 5. The number of anilines is 1. The Bertz CT molecular complexity index is 1410. The molecular formula is C27H31N7O3. The first-order valence-electron chi connectivity index (χ1n) is 12.8. The number of tetrazole rings is 1. The first-order chi connectivity index (χ1) is 18.2. The van der Waals surface area contributed by atoms with Crippen molar-refractivity contribution in [3.8, 4) is 5.75 Å². The molecule has 2 atom stereocenters. The lowest BCUT2D eigenvalue weighted by Gasteiger charge is -2.39. The lowest BCUT2D eigenvalue weighted by Crippen LogP contribution is -2.49. The third-order valence-corrected chi connectivity index (χ3v) is 7.38. The standard InChI is InChI=1S/C27H31N7O3/c1-36-21-10-9-19-16-23(27(35)28-24(19)17-21)25(26-29-30-31-34(26)18-22-8-5-15-37-22)33-13-11-32(12-14-33)20-6-3-2-4-7-20/h2-4,6-7,9-10,16-17,22,25H,5,8,11-15,18H2,1H3,(H,28,35)/t22-,25-/m0/s1. The SMILES string of the molecule is COc1ccc2cc([C@@H](c3nnnn3C[C@@H]3CCCO3)N3CCN(c4ccccc4)CC3)c(=O)[nH]c2c1. The highest BCUT2D eigenvalue weighted by Crippen LogP contribution is 2.30. The molecular weight excluding hydrogens is 470 g/mol. The highest BCUT2D eigenvalue weighted by molar-refractivity contribution is 5.80. The van der Waals surface area contributed by atoms with Gasteiger partial charge in [0.15, 0.2) is 5.82 Å². The number of aromatic amines is 1. The number of piperazine rings is 1. The summed E-state index contributed by atoms with van der Waals surface area (Å²) >= 11 is 0. The van der Waals surface area contributed by atoms with Crippen molar-refractivity contribution in [3.05, 3.63) is 76.3 Å². The molecule has 0 saturated carbocycles. The third-order valence-electron chi connectivity index (χ3n) is 7.38. The van der Waals surface area contributed by atoms with Crippen molar-refractivity contribution in [2.24, 2.45) is 0 Å². The van der Waals surface area contributed by atoms with Crippen LogP contribution in [0.25, 0.3) is 10.9 Å². The molecule has 0 spiro atoms. The van der Waals surface area contributed by atoms with Crippen LogP contribution in [0.1, 0.15) is 30.3 Å². The van der Waals surface area contributed by atoms with Crippen LogP contribution in [0.5, 0.6) is 5.75 Å². The Morgan fingerprint density at radius 1 is 1.11 bits per heavy atom. The third kappa shape index (κ3) is 4.82. The average molecular weight is 502 g/mol. The Hall–Kier alpha value is -3.76. The van der Waals surface area contributed by atoms with E-state index in [4.69, 9.17) is 9.47 Å². The molecule has 2 aromatic heterocycles. The Labute approximate surface area is 214 Å². The summed E-state index contributed by atoms with van der Waals surface area (Å²) < 4.78 is 13.0. The van der Waals surface area contributed by atoms with Crippen molar-refractivity contribution in [1.82, 2.24) is 30.1 Å². The second-order valence-corrected chi connectivity index (χ2v) is 9.62. The molecule has 10 heteroatoms. The van der Waals surface area contributed by atoms with Crippen LogP contribution in [-0.4, -0.2) is 76.1 Å². The van der Waals surface area contributed by atoms with Gasteiger partial charge in [0, 0.05) is 50.1 Å². The van der Waals surface area contributed by atoms with E-state index in [0.29, 0.717) is 23.7 Å². The van der Waals surface area contributed by atoms with Gasteiger partial charge in [-0.3, -0.25) is 9.69 Å². The predicted molar refractivity (Wildman–Crippen MR) is 140 cm³/mol.